The number of aliphatic hydroxyl groups excluding tert-OH is 1. The van der Waals surface area contributed by atoms with Crippen molar-refractivity contribution >= 4 is 0 Å². The fourth-order valence-corrected chi connectivity index (χ4v) is 2.69. The van der Waals surface area contributed by atoms with E-state index in [1.807, 2.05) is 4.68 Å². The summed E-state index contributed by atoms with van der Waals surface area (Å²) in [4.78, 5) is 0. The van der Waals surface area contributed by atoms with E-state index in [1.54, 1.807) is 0 Å². The van der Waals surface area contributed by atoms with E-state index in [0.717, 1.165) is 19.3 Å². The van der Waals surface area contributed by atoms with Gasteiger partial charge in [-0.05, 0) is 51.5 Å². The van der Waals surface area contributed by atoms with Crippen molar-refractivity contribution in [3.63, 3.8) is 0 Å². The smallest absolute Gasteiger partial charge is 0.0627 e. The Hall–Kier alpha value is -0.830. The molecule has 0 radical (unpaired) electrons. The van der Waals surface area contributed by atoms with Gasteiger partial charge in [-0.15, -0.1) is 0 Å². The molecule has 1 N–H and O–H groups in total. The Kier molecular flexibility index (Phi) is 4.21. The first kappa shape index (κ1) is 12.6. The van der Waals surface area contributed by atoms with Gasteiger partial charge < -0.3 is 5.11 Å². The summed E-state index contributed by atoms with van der Waals surface area (Å²) in [5.41, 5.74) is 1.18. The topological polar surface area (TPSA) is 38.0 Å². The minimum Gasteiger partial charge on any atom is -0.393 e. The third kappa shape index (κ3) is 3.56. The Morgan fingerprint density at radius 3 is 2.88 bits per heavy atom. The summed E-state index contributed by atoms with van der Waals surface area (Å²) in [6, 6.07) is 2.56. The average molecular weight is 236 g/mol. The minimum absolute atomic E-state index is 0.0883. The lowest BCUT2D eigenvalue weighted by atomic mass is 9.94. The Morgan fingerprint density at radius 1 is 1.41 bits per heavy atom. The van der Waals surface area contributed by atoms with Crippen LogP contribution >= 0.6 is 0 Å². The maximum Gasteiger partial charge on any atom is 0.0627 e. The second-order valence-electron chi connectivity index (χ2n) is 5.62. The summed E-state index contributed by atoms with van der Waals surface area (Å²) in [7, 11) is 0. The van der Waals surface area contributed by atoms with Crippen LogP contribution in [0.25, 0.3) is 0 Å². The van der Waals surface area contributed by atoms with Crippen molar-refractivity contribution in [3.8, 4) is 0 Å². The first-order valence-corrected chi connectivity index (χ1v) is 6.87. The molecular formula is C14H24N2O. The second kappa shape index (κ2) is 5.67. The molecule has 1 aliphatic carbocycles. The van der Waals surface area contributed by atoms with Gasteiger partial charge in [0.05, 0.1) is 11.8 Å². The van der Waals surface area contributed by atoms with Gasteiger partial charge >= 0.3 is 0 Å². The van der Waals surface area contributed by atoms with E-state index < -0.39 is 0 Å². The number of nitrogens with zero attached hydrogens (tertiary/aromatic N) is 2. The monoisotopic (exact) mass is 236 g/mol. The van der Waals surface area contributed by atoms with Crippen molar-refractivity contribution in [2.75, 3.05) is 0 Å². The molecule has 2 atom stereocenters. The van der Waals surface area contributed by atoms with Crippen LogP contribution in [0.3, 0.4) is 0 Å². The fourth-order valence-electron chi connectivity index (χ4n) is 2.69. The van der Waals surface area contributed by atoms with Gasteiger partial charge in [0.25, 0.3) is 0 Å². The Labute approximate surface area is 104 Å². The van der Waals surface area contributed by atoms with Gasteiger partial charge in [0, 0.05) is 12.2 Å². The molecule has 96 valence electrons. The summed E-state index contributed by atoms with van der Waals surface area (Å²) in [5.74, 6) is 0.614. The SMILES string of the molecule is CC(C)n1ccc(CC2CCCCC(O)C2)n1. The molecule has 1 saturated carbocycles. The standard InChI is InChI=1S/C14H24N2O/c1-11(2)16-8-7-13(15-16)9-12-5-3-4-6-14(17)10-12/h7-8,11-12,14,17H,3-6,9-10H2,1-2H3. The van der Waals surface area contributed by atoms with Crippen LogP contribution in [0.2, 0.25) is 0 Å². The normalized spacial score (nSPS) is 26.1. The van der Waals surface area contributed by atoms with Crippen molar-refractivity contribution in [1.82, 2.24) is 9.78 Å². The highest BCUT2D eigenvalue weighted by molar-refractivity contribution is 5.01. The molecule has 17 heavy (non-hydrogen) atoms. The van der Waals surface area contributed by atoms with Crippen molar-refractivity contribution in [2.45, 2.75) is 64.5 Å². The molecule has 1 fully saturated rings. The first-order valence-electron chi connectivity index (χ1n) is 6.87. The lowest BCUT2D eigenvalue weighted by Gasteiger charge is -2.15. The number of hydrogen-bond acceptors (Lipinski definition) is 2. The zero-order chi connectivity index (χ0) is 12.3. The van der Waals surface area contributed by atoms with Crippen LogP contribution in [0.15, 0.2) is 12.3 Å². The van der Waals surface area contributed by atoms with Crippen LogP contribution < -0.4 is 0 Å². The maximum absolute atomic E-state index is 9.81. The summed E-state index contributed by atoms with van der Waals surface area (Å²) >= 11 is 0. The first-order chi connectivity index (χ1) is 8.15. The van der Waals surface area contributed by atoms with Gasteiger partial charge in [0.15, 0.2) is 0 Å². The molecule has 0 aliphatic heterocycles. The molecule has 3 heteroatoms. The largest absolute Gasteiger partial charge is 0.393 e. The van der Waals surface area contributed by atoms with E-state index in [-0.39, 0.29) is 6.10 Å². The molecule has 1 aliphatic rings. The third-order valence-corrected chi connectivity index (χ3v) is 3.70. The van der Waals surface area contributed by atoms with Crippen LogP contribution in [0, 0.1) is 5.92 Å². The summed E-state index contributed by atoms with van der Waals surface area (Å²) < 4.78 is 2.02. The molecular weight excluding hydrogens is 212 g/mol. The molecule has 2 rings (SSSR count). The summed E-state index contributed by atoms with van der Waals surface area (Å²) in [5, 5.41) is 14.4. The van der Waals surface area contributed by atoms with Crippen molar-refractivity contribution < 1.29 is 5.11 Å². The van der Waals surface area contributed by atoms with Crippen LogP contribution in [-0.2, 0) is 6.42 Å². The Balaban J connectivity index is 1.94. The highest BCUT2D eigenvalue weighted by Gasteiger charge is 2.19. The second-order valence-corrected chi connectivity index (χ2v) is 5.62. The molecule has 1 aromatic heterocycles. The van der Waals surface area contributed by atoms with E-state index in [0.29, 0.717) is 12.0 Å². The third-order valence-electron chi connectivity index (χ3n) is 3.70. The van der Waals surface area contributed by atoms with E-state index in [4.69, 9.17) is 0 Å². The van der Waals surface area contributed by atoms with Gasteiger partial charge in [0.2, 0.25) is 0 Å². The lowest BCUT2D eigenvalue weighted by molar-refractivity contribution is 0.141. The number of rotatable bonds is 3. The van der Waals surface area contributed by atoms with Crippen LogP contribution in [0.5, 0.6) is 0 Å². The molecule has 0 aromatic carbocycles. The van der Waals surface area contributed by atoms with Crippen LogP contribution in [0.1, 0.15) is 57.7 Å². The molecule has 1 aromatic rings. The van der Waals surface area contributed by atoms with Gasteiger partial charge in [-0.3, -0.25) is 4.68 Å². The van der Waals surface area contributed by atoms with Crippen LogP contribution in [0.4, 0.5) is 0 Å². The molecule has 1 heterocycles. The van der Waals surface area contributed by atoms with Crippen molar-refractivity contribution in [2.24, 2.45) is 5.92 Å². The van der Waals surface area contributed by atoms with E-state index in [2.05, 4.69) is 31.2 Å². The lowest BCUT2D eigenvalue weighted by Crippen LogP contribution is -2.13. The predicted molar refractivity (Wildman–Crippen MR) is 68.9 cm³/mol. The Bertz CT molecular complexity index is 346. The summed E-state index contributed by atoms with van der Waals surface area (Å²) in [6.45, 7) is 4.29. The Morgan fingerprint density at radius 2 is 2.18 bits per heavy atom. The molecule has 0 bridgehead atoms. The van der Waals surface area contributed by atoms with E-state index >= 15 is 0 Å². The van der Waals surface area contributed by atoms with Crippen molar-refractivity contribution in [3.05, 3.63) is 18.0 Å². The minimum atomic E-state index is -0.0883. The zero-order valence-electron chi connectivity index (χ0n) is 11.0. The summed E-state index contributed by atoms with van der Waals surface area (Å²) in [6.07, 6.45) is 8.61. The molecule has 0 spiro atoms. The number of hydrogen-bond donors (Lipinski definition) is 1. The number of aromatic nitrogens is 2. The van der Waals surface area contributed by atoms with Gasteiger partial charge in [-0.25, -0.2) is 0 Å². The predicted octanol–water partition coefficient (Wildman–Crippen LogP) is 2.95. The molecule has 3 nitrogen and oxygen atoms in total. The molecule has 0 saturated heterocycles. The zero-order valence-corrected chi connectivity index (χ0v) is 11.0. The highest BCUT2D eigenvalue weighted by atomic mass is 16.3. The average Bonchev–Trinajstić information content (AvgIpc) is 2.63. The van der Waals surface area contributed by atoms with Crippen LogP contribution in [-0.4, -0.2) is 21.0 Å². The highest BCUT2D eigenvalue weighted by Crippen LogP contribution is 2.26. The maximum atomic E-state index is 9.81. The molecule has 2 unspecified atom stereocenters. The van der Waals surface area contributed by atoms with Gasteiger partial charge in [-0.1, -0.05) is 12.8 Å². The molecule has 0 amide bonds. The fraction of sp³-hybridized carbons (Fsp3) is 0.786. The number of aliphatic hydroxyl groups is 1. The van der Waals surface area contributed by atoms with E-state index in [1.165, 1.54) is 25.0 Å². The van der Waals surface area contributed by atoms with Gasteiger partial charge in [0.1, 0.15) is 0 Å². The van der Waals surface area contributed by atoms with E-state index in [9.17, 15) is 5.11 Å². The quantitative estimate of drug-likeness (QED) is 0.819. The van der Waals surface area contributed by atoms with Crippen molar-refractivity contribution in [1.29, 1.82) is 0 Å². The van der Waals surface area contributed by atoms with Gasteiger partial charge in [-0.2, -0.15) is 5.10 Å².